The molecule has 7 nitrogen and oxygen atoms in total. The first-order valence-corrected chi connectivity index (χ1v) is 9.09. The van der Waals surface area contributed by atoms with Gasteiger partial charge in [-0.25, -0.2) is 0 Å². The number of amides is 1. The maximum absolute atomic E-state index is 11.9. The van der Waals surface area contributed by atoms with E-state index in [0.29, 0.717) is 12.2 Å². The molecule has 2 atom stereocenters. The molecule has 1 rings (SSSR count). The number of rotatable bonds is 11. The SMILES string of the molecule is CC1(C)C[C@@H]1C(=O)NC(=CCCCCSCC(N)C(=O)O)C(=O)[O-].[Na+]. The summed E-state index contributed by atoms with van der Waals surface area (Å²) in [4.78, 5) is 33.5. The number of nitrogens with one attached hydrogen (secondary N) is 1. The molecule has 1 fully saturated rings. The Morgan fingerprint density at radius 3 is 2.48 bits per heavy atom. The number of aliphatic carboxylic acids is 2. The van der Waals surface area contributed by atoms with E-state index in [-0.39, 0.29) is 52.5 Å². The zero-order valence-electron chi connectivity index (χ0n) is 15.0. The number of carbonyl (C=O) groups excluding carboxylic acids is 2. The number of carboxylic acid groups (broad SMARTS) is 2. The summed E-state index contributed by atoms with van der Waals surface area (Å²) in [6, 6.07) is -0.860. The van der Waals surface area contributed by atoms with Crippen molar-refractivity contribution in [1.82, 2.24) is 5.32 Å². The van der Waals surface area contributed by atoms with Gasteiger partial charge in [0.15, 0.2) is 0 Å². The molecule has 136 valence electrons. The molecule has 0 saturated heterocycles. The van der Waals surface area contributed by atoms with Crippen LogP contribution in [-0.4, -0.2) is 40.5 Å². The molecular formula is C16H25N2NaO5S. The average Bonchev–Trinajstić information content (AvgIpc) is 3.13. The number of carbonyl (C=O) groups is 3. The molecule has 0 aromatic heterocycles. The molecule has 0 aromatic carbocycles. The second-order valence-corrected chi connectivity index (χ2v) is 7.81. The number of hydrogen-bond donors (Lipinski definition) is 3. The second kappa shape index (κ2) is 11.2. The van der Waals surface area contributed by atoms with Crippen molar-refractivity contribution < 1.29 is 54.2 Å². The largest absolute Gasteiger partial charge is 1.00 e. The van der Waals surface area contributed by atoms with Crippen LogP contribution in [0.3, 0.4) is 0 Å². The van der Waals surface area contributed by atoms with Crippen molar-refractivity contribution in [2.24, 2.45) is 17.1 Å². The Balaban J connectivity index is 0.00000576. The molecule has 0 aromatic rings. The van der Waals surface area contributed by atoms with Gasteiger partial charge in [0, 0.05) is 11.7 Å². The van der Waals surface area contributed by atoms with Crippen molar-refractivity contribution in [2.75, 3.05) is 11.5 Å². The van der Waals surface area contributed by atoms with E-state index < -0.39 is 18.0 Å². The van der Waals surface area contributed by atoms with Crippen LogP contribution in [0.5, 0.6) is 0 Å². The Morgan fingerprint density at radius 1 is 1.40 bits per heavy atom. The number of carboxylic acids is 2. The van der Waals surface area contributed by atoms with E-state index in [1.165, 1.54) is 17.8 Å². The molecule has 0 bridgehead atoms. The first-order chi connectivity index (χ1) is 11.1. The van der Waals surface area contributed by atoms with Crippen LogP contribution in [0.4, 0.5) is 0 Å². The summed E-state index contributed by atoms with van der Waals surface area (Å²) in [6.07, 6.45) is 4.27. The Labute approximate surface area is 174 Å². The molecule has 1 aliphatic carbocycles. The third-order valence-electron chi connectivity index (χ3n) is 4.01. The molecule has 9 heteroatoms. The molecule has 4 N–H and O–H groups in total. The van der Waals surface area contributed by atoms with Crippen molar-refractivity contribution in [3.8, 4) is 0 Å². The van der Waals surface area contributed by atoms with Gasteiger partial charge in [0.1, 0.15) is 6.04 Å². The molecule has 0 aliphatic heterocycles. The van der Waals surface area contributed by atoms with E-state index in [1.807, 2.05) is 13.8 Å². The number of hydrogen-bond acceptors (Lipinski definition) is 6. The quantitative estimate of drug-likeness (QED) is 0.199. The van der Waals surface area contributed by atoms with Crippen LogP contribution in [0.25, 0.3) is 0 Å². The van der Waals surface area contributed by atoms with Gasteiger partial charge >= 0.3 is 35.5 Å². The summed E-state index contributed by atoms with van der Waals surface area (Å²) in [5.41, 5.74) is 5.15. The van der Waals surface area contributed by atoms with Crippen molar-refractivity contribution in [2.45, 2.75) is 45.6 Å². The fourth-order valence-electron chi connectivity index (χ4n) is 2.20. The third-order valence-corrected chi connectivity index (χ3v) is 5.19. The third kappa shape index (κ3) is 9.10. The summed E-state index contributed by atoms with van der Waals surface area (Å²) in [6.45, 7) is 3.93. The normalized spacial score (nSPS) is 19.5. The maximum atomic E-state index is 11.9. The molecule has 1 unspecified atom stereocenters. The predicted molar refractivity (Wildman–Crippen MR) is 89.9 cm³/mol. The Hall–Kier alpha value is -0.540. The first-order valence-electron chi connectivity index (χ1n) is 7.93. The molecule has 0 heterocycles. The van der Waals surface area contributed by atoms with Crippen molar-refractivity contribution in [3.05, 3.63) is 11.8 Å². The van der Waals surface area contributed by atoms with Gasteiger partial charge in [-0.05, 0) is 36.9 Å². The molecule has 1 saturated carbocycles. The van der Waals surface area contributed by atoms with Crippen LogP contribution in [0.2, 0.25) is 0 Å². The summed E-state index contributed by atoms with van der Waals surface area (Å²) in [5, 5.41) is 22.2. The van der Waals surface area contributed by atoms with Gasteiger partial charge in [-0.2, -0.15) is 11.8 Å². The fraction of sp³-hybridized carbons (Fsp3) is 0.688. The van der Waals surface area contributed by atoms with Crippen LogP contribution in [0.15, 0.2) is 11.8 Å². The molecule has 1 amide bonds. The topological polar surface area (TPSA) is 133 Å². The zero-order valence-corrected chi connectivity index (χ0v) is 17.9. The fourth-order valence-corrected chi connectivity index (χ4v) is 3.17. The van der Waals surface area contributed by atoms with Gasteiger partial charge in [-0.3, -0.25) is 9.59 Å². The molecule has 0 radical (unpaired) electrons. The predicted octanol–water partition coefficient (Wildman–Crippen LogP) is -2.90. The standard InChI is InChI=1S/C16H26N2O5S.Na/c1-16(2)8-10(16)13(19)18-12(15(22)23)6-4-3-5-7-24-9-11(17)14(20)21;/h6,10-11H,3-5,7-9,17H2,1-2H3,(H,18,19)(H,20,21)(H,22,23);/q;+1/p-1/t10-,11?;/m1./s1. The van der Waals surface area contributed by atoms with Gasteiger partial charge < -0.3 is 26.1 Å². The molecular weight excluding hydrogens is 355 g/mol. The van der Waals surface area contributed by atoms with E-state index in [0.717, 1.165) is 25.0 Å². The molecule has 0 spiro atoms. The van der Waals surface area contributed by atoms with Crippen LogP contribution in [0.1, 0.15) is 39.5 Å². The number of allylic oxidation sites excluding steroid dienone is 1. The minimum Gasteiger partial charge on any atom is -0.543 e. The first kappa shape index (κ1) is 24.5. The number of nitrogens with two attached hydrogens (primary N) is 1. The molecule has 25 heavy (non-hydrogen) atoms. The monoisotopic (exact) mass is 380 g/mol. The van der Waals surface area contributed by atoms with E-state index in [2.05, 4.69) is 5.32 Å². The minimum atomic E-state index is -1.39. The van der Waals surface area contributed by atoms with Crippen LogP contribution >= 0.6 is 11.8 Å². The summed E-state index contributed by atoms with van der Waals surface area (Å²) in [5.74, 6) is -1.72. The van der Waals surface area contributed by atoms with Gasteiger partial charge in [0.25, 0.3) is 0 Å². The Kier molecular flexibility index (Phi) is 11.0. The van der Waals surface area contributed by atoms with Gasteiger partial charge in [0.2, 0.25) is 5.91 Å². The van der Waals surface area contributed by atoms with E-state index in [4.69, 9.17) is 10.8 Å². The van der Waals surface area contributed by atoms with E-state index in [1.54, 1.807) is 0 Å². The Morgan fingerprint density at radius 2 is 2.00 bits per heavy atom. The smallest absolute Gasteiger partial charge is 0.543 e. The maximum Gasteiger partial charge on any atom is 1.00 e. The Bertz CT molecular complexity index is 525. The second-order valence-electron chi connectivity index (χ2n) is 6.66. The summed E-state index contributed by atoms with van der Waals surface area (Å²) in [7, 11) is 0. The minimum absolute atomic E-state index is 0. The summed E-state index contributed by atoms with van der Waals surface area (Å²) < 4.78 is 0. The average molecular weight is 380 g/mol. The van der Waals surface area contributed by atoms with Crippen LogP contribution in [-0.2, 0) is 14.4 Å². The zero-order chi connectivity index (χ0) is 18.3. The van der Waals surface area contributed by atoms with Gasteiger partial charge in [-0.1, -0.05) is 19.9 Å². The van der Waals surface area contributed by atoms with Crippen LogP contribution < -0.4 is 45.7 Å². The number of thioether (sulfide) groups is 1. The van der Waals surface area contributed by atoms with Crippen molar-refractivity contribution in [3.63, 3.8) is 0 Å². The van der Waals surface area contributed by atoms with Gasteiger partial charge in [0.05, 0.1) is 11.7 Å². The van der Waals surface area contributed by atoms with Crippen LogP contribution in [0, 0.1) is 11.3 Å². The molecule has 1 aliphatic rings. The number of unbranched alkanes of at least 4 members (excludes halogenated alkanes) is 2. The van der Waals surface area contributed by atoms with Gasteiger partial charge in [-0.15, -0.1) is 0 Å². The van der Waals surface area contributed by atoms with E-state index >= 15 is 0 Å². The van der Waals surface area contributed by atoms with Crippen molar-refractivity contribution >= 4 is 29.6 Å². The van der Waals surface area contributed by atoms with E-state index in [9.17, 15) is 19.5 Å². The summed E-state index contributed by atoms with van der Waals surface area (Å²) >= 11 is 1.45. The van der Waals surface area contributed by atoms with Crippen molar-refractivity contribution in [1.29, 1.82) is 0 Å².